The predicted octanol–water partition coefficient (Wildman–Crippen LogP) is 3.39. The number of carbonyl (C=O) groups excluding carboxylic acids is 1. The Labute approximate surface area is 121 Å². The minimum absolute atomic E-state index is 0.0615. The molecule has 0 heterocycles. The first kappa shape index (κ1) is 13.1. The minimum Gasteiger partial charge on any atom is -0.371 e. The Morgan fingerprint density at radius 3 is 2.57 bits per heavy atom. The molecular formula is C17H11FN2O. The lowest BCUT2D eigenvalue weighted by molar-refractivity contribution is 0.0994. The summed E-state index contributed by atoms with van der Waals surface area (Å²) >= 11 is 0. The molecule has 102 valence electrons. The smallest absolute Gasteiger partial charge is 0.190 e. The molecule has 1 N–H and O–H groups in total. The summed E-state index contributed by atoms with van der Waals surface area (Å²) in [4.78, 5) is 12.4. The molecule has 0 radical (unpaired) electrons. The molecule has 0 saturated heterocycles. The van der Waals surface area contributed by atoms with Crippen LogP contribution in [0.4, 0.5) is 10.1 Å². The third kappa shape index (κ3) is 2.09. The van der Waals surface area contributed by atoms with E-state index in [-0.39, 0.29) is 11.3 Å². The second-order valence-corrected chi connectivity index (χ2v) is 4.82. The van der Waals surface area contributed by atoms with Gasteiger partial charge in [0.2, 0.25) is 0 Å². The van der Waals surface area contributed by atoms with Gasteiger partial charge in [-0.3, -0.25) is 4.79 Å². The van der Waals surface area contributed by atoms with Crippen molar-refractivity contribution in [2.75, 3.05) is 5.32 Å². The van der Waals surface area contributed by atoms with Crippen molar-refractivity contribution in [1.29, 1.82) is 5.26 Å². The highest BCUT2D eigenvalue weighted by Gasteiger charge is 2.33. The van der Waals surface area contributed by atoms with Crippen LogP contribution in [0, 0.1) is 17.1 Å². The van der Waals surface area contributed by atoms with Gasteiger partial charge in [0.25, 0.3) is 0 Å². The van der Waals surface area contributed by atoms with Crippen molar-refractivity contribution in [3.8, 4) is 6.07 Å². The number of nitriles is 1. The summed E-state index contributed by atoms with van der Waals surface area (Å²) in [6.45, 7) is 3.96. The Morgan fingerprint density at radius 2 is 1.90 bits per heavy atom. The average Bonchev–Trinajstić information content (AvgIpc) is 2.74. The number of anilines is 1. The van der Waals surface area contributed by atoms with Crippen LogP contribution < -0.4 is 5.32 Å². The maximum absolute atomic E-state index is 13.3. The third-order valence-corrected chi connectivity index (χ3v) is 3.55. The molecule has 0 aliphatic heterocycles. The van der Waals surface area contributed by atoms with Gasteiger partial charge in [-0.05, 0) is 29.3 Å². The van der Waals surface area contributed by atoms with Crippen LogP contribution in [0.15, 0.2) is 49.0 Å². The molecule has 1 unspecified atom stereocenters. The van der Waals surface area contributed by atoms with E-state index in [1.807, 2.05) is 12.1 Å². The number of benzene rings is 2. The van der Waals surface area contributed by atoms with Gasteiger partial charge in [0.15, 0.2) is 5.78 Å². The third-order valence-electron chi connectivity index (χ3n) is 3.55. The lowest BCUT2D eigenvalue weighted by atomic mass is 10.1. The summed E-state index contributed by atoms with van der Waals surface area (Å²) < 4.78 is 13.3. The van der Waals surface area contributed by atoms with Crippen LogP contribution in [-0.2, 0) is 0 Å². The largest absolute Gasteiger partial charge is 0.371 e. The van der Waals surface area contributed by atoms with E-state index in [2.05, 4.69) is 11.9 Å². The van der Waals surface area contributed by atoms with Crippen molar-refractivity contribution in [2.45, 2.75) is 6.04 Å². The standard InChI is InChI=1S/C17H11FN2O/c1-10-13-4-2-3-5-14(13)17(21)16(10)20-12-6-7-15(18)11(8-12)9-19/h2-8,16,20H,1H2. The van der Waals surface area contributed by atoms with Gasteiger partial charge in [-0.25, -0.2) is 4.39 Å². The maximum Gasteiger partial charge on any atom is 0.190 e. The van der Waals surface area contributed by atoms with E-state index in [1.54, 1.807) is 18.2 Å². The Hall–Kier alpha value is -2.93. The van der Waals surface area contributed by atoms with E-state index in [0.29, 0.717) is 16.8 Å². The molecule has 0 spiro atoms. The normalized spacial score (nSPS) is 16.5. The molecule has 0 fully saturated rings. The van der Waals surface area contributed by atoms with Crippen molar-refractivity contribution in [2.24, 2.45) is 0 Å². The molecule has 0 amide bonds. The molecule has 0 saturated carbocycles. The zero-order valence-corrected chi connectivity index (χ0v) is 11.1. The first-order valence-corrected chi connectivity index (χ1v) is 6.40. The van der Waals surface area contributed by atoms with Crippen LogP contribution in [0.25, 0.3) is 5.57 Å². The van der Waals surface area contributed by atoms with Crippen LogP contribution in [0.1, 0.15) is 21.5 Å². The van der Waals surface area contributed by atoms with Crippen LogP contribution in [0.3, 0.4) is 0 Å². The summed E-state index contributed by atoms with van der Waals surface area (Å²) in [5.74, 6) is -0.652. The topological polar surface area (TPSA) is 52.9 Å². The number of fused-ring (bicyclic) bond motifs is 1. The minimum atomic E-state index is -0.584. The van der Waals surface area contributed by atoms with Crippen molar-refractivity contribution in [3.63, 3.8) is 0 Å². The second-order valence-electron chi connectivity index (χ2n) is 4.82. The monoisotopic (exact) mass is 278 g/mol. The van der Waals surface area contributed by atoms with Crippen LogP contribution in [-0.4, -0.2) is 11.8 Å². The van der Waals surface area contributed by atoms with Gasteiger partial charge in [0.1, 0.15) is 17.9 Å². The van der Waals surface area contributed by atoms with Crippen LogP contribution in [0.5, 0.6) is 0 Å². The molecule has 2 aromatic carbocycles. The van der Waals surface area contributed by atoms with E-state index in [0.717, 1.165) is 5.56 Å². The number of hydrogen-bond acceptors (Lipinski definition) is 3. The van der Waals surface area contributed by atoms with Gasteiger partial charge in [-0.2, -0.15) is 5.26 Å². The fourth-order valence-corrected chi connectivity index (χ4v) is 2.47. The SMILES string of the molecule is C=C1c2ccccc2C(=O)C1Nc1ccc(F)c(C#N)c1. The van der Waals surface area contributed by atoms with E-state index >= 15 is 0 Å². The summed E-state index contributed by atoms with van der Waals surface area (Å²) in [6.07, 6.45) is 0. The second kappa shape index (κ2) is 4.88. The Kier molecular flexibility index (Phi) is 3.03. The highest BCUT2D eigenvalue weighted by atomic mass is 19.1. The number of nitrogens with zero attached hydrogens (tertiary/aromatic N) is 1. The molecule has 3 nitrogen and oxygen atoms in total. The molecule has 1 aliphatic rings. The van der Waals surface area contributed by atoms with E-state index in [4.69, 9.17) is 5.26 Å². The Balaban J connectivity index is 1.93. The van der Waals surface area contributed by atoms with E-state index in [1.165, 1.54) is 18.2 Å². The maximum atomic E-state index is 13.3. The number of nitrogens with one attached hydrogen (secondary N) is 1. The first-order valence-electron chi connectivity index (χ1n) is 6.40. The number of ketones is 1. The molecule has 1 aliphatic carbocycles. The van der Waals surface area contributed by atoms with Gasteiger partial charge in [-0.15, -0.1) is 0 Å². The molecule has 2 aromatic rings. The number of rotatable bonds is 2. The van der Waals surface area contributed by atoms with Crippen molar-refractivity contribution >= 4 is 17.0 Å². The Bertz CT molecular complexity index is 770. The van der Waals surface area contributed by atoms with E-state index < -0.39 is 11.9 Å². The average molecular weight is 278 g/mol. The molecular weight excluding hydrogens is 267 g/mol. The van der Waals surface area contributed by atoms with Gasteiger partial charge >= 0.3 is 0 Å². The van der Waals surface area contributed by atoms with Gasteiger partial charge in [-0.1, -0.05) is 30.8 Å². The Morgan fingerprint density at radius 1 is 1.19 bits per heavy atom. The molecule has 0 bridgehead atoms. The molecule has 21 heavy (non-hydrogen) atoms. The summed E-state index contributed by atoms with van der Waals surface area (Å²) in [5.41, 5.74) is 2.58. The van der Waals surface area contributed by atoms with Gasteiger partial charge in [0, 0.05) is 11.3 Å². The fourth-order valence-electron chi connectivity index (χ4n) is 2.47. The first-order chi connectivity index (χ1) is 10.1. The summed E-state index contributed by atoms with van der Waals surface area (Å²) in [5, 5.41) is 11.9. The molecule has 1 atom stereocenters. The molecule has 3 rings (SSSR count). The number of carbonyl (C=O) groups is 1. The fraction of sp³-hybridized carbons (Fsp3) is 0.0588. The van der Waals surface area contributed by atoms with Gasteiger partial charge < -0.3 is 5.32 Å². The number of hydrogen-bond donors (Lipinski definition) is 1. The van der Waals surface area contributed by atoms with Crippen LogP contribution >= 0.6 is 0 Å². The summed E-state index contributed by atoms with van der Waals surface area (Å²) in [7, 11) is 0. The van der Waals surface area contributed by atoms with Crippen molar-refractivity contribution in [1.82, 2.24) is 0 Å². The highest BCUT2D eigenvalue weighted by molar-refractivity contribution is 6.17. The van der Waals surface area contributed by atoms with E-state index in [9.17, 15) is 9.18 Å². The molecule has 0 aromatic heterocycles. The lowest BCUT2D eigenvalue weighted by Gasteiger charge is -2.14. The number of halogens is 1. The predicted molar refractivity (Wildman–Crippen MR) is 78.3 cm³/mol. The van der Waals surface area contributed by atoms with Crippen molar-refractivity contribution < 1.29 is 9.18 Å². The zero-order chi connectivity index (χ0) is 15.0. The van der Waals surface area contributed by atoms with Crippen molar-refractivity contribution in [3.05, 3.63) is 71.6 Å². The highest BCUT2D eigenvalue weighted by Crippen LogP contribution is 2.33. The summed E-state index contributed by atoms with van der Waals surface area (Å²) in [6, 6.07) is 12.6. The van der Waals surface area contributed by atoms with Gasteiger partial charge in [0.05, 0.1) is 5.56 Å². The lowest BCUT2D eigenvalue weighted by Crippen LogP contribution is -2.25. The zero-order valence-electron chi connectivity index (χ0n) is 11.1. The molecule has 4 heteroatoms. The number of Topliss-reactive ketones (excluding diaryl/α,β-unsaturated/α-hetero) is 1. The van der Waals surface area contributed by atoms with Crippen LogP contribution in [0.2, 0.25) is 0 Å². The quantitative estimate of drug-likeness (QED) is 0.916.